The van der Waals surface area contributed by atoms with Crippen LogP contribution in [0.4, 0.5) is 0 Å². The number of epoxide rings is 1. The molecule has 0 aromatic heterocycles. The van der Waals surface area contributed by atoms with Gasteiger partial charge in [0.15, 0.2) is 0 Å². The number of rotatable bonds is 2. The minimum atomic E-state index is 0.384. The summed E-state index contributed by atoms with van der Waals surface area (Å²) in [7, 11) is 0. The maximum absolute atomic E-state index is 5.04. The highest BCUT2D eigenvalue weighted by atomic mass is 16.6. The summed E-state index contributed by atoms with van der Waals surface area (Å²) in [5.41, 5.74) is 1.24. The monoisotopic (exact) mass is 146 g/mol. The highest BCUT2D eigenvalue weighted by Crippen LogP contribution is 2.12. The predicted octanol–water partition coefficient (Wildman–Crippen LogP) is 2.10. The first kappa shape index (κ1) is 6.62. The van der Waals surface area contributed by atoms with Crippen molar-refractivity contribution in [3.05, 3.63) is 42.0 Å². The Hall–Kier alpha value is -1.08. The number of hydrogen-bond donors (Lipinski definition) is 0. The van der Waals surface area contributed by atoms with Gasteiger partial charge in [-0.15, -0.1) is 0 Å². The SMILES string of the molecule is C(=C\[C@H]1CO1)/c1ccccc1. The van der Waals surface area contributed by atoms with Gasteiger partial charge in [-0.3, -0.25) is 0 Å². The third-order valence-corrected chi connectivity index (χ3v) is 1.66. The van der Waals surface area contributed by atoms with Crippen LogP contribution in [0.2, 0.25) is 0 Å². The van der Waals surface area contributed by atoms with Gasteiger partial charge in [0.25, 0.3) is 0 Å². The molecule has 56 valence electrons. The van der Waals surface area contributed by atoms with E-state index < -0.39 is 0 Å². The van der Waals surface area contributed by atoms with E-state index in [2.05, 4.69) is 24.3 Å². The summed E-state index contributed by atoms with van der Waals surface area (Å²) in [6.45, 7) is 0.892. The molecule has 1 fully saturated rings. The molecule has 0 saturated carbocycles. The van der Waals surface area contributed by atoms with Gasteiger partial charge >= 0.3 is 0 Å². The lowest BCUT2D eigenvalue weighted by atomic mass is 10.2. The van der Waals surface area contributed by atoms with Gasteiger partial charge in [-0.1, -0.05) is 42.5 Å². The van der Waals surface area contributed by atoms with E-state index in [1.165, 1.54) is 5.56 Å². The maximum Gasteiger partial charge on any atom is 0.0994 e. The van der Waals surface area contributed by atoms with E-state index in [0.717, 1.165) is 6.61 Å². The summed E-state index contributed by atoms with van der Waals surface area (Å²) >= 11 is 0. The Morgan fingerprint density at radius 3 is 2.64 bits per heavy atom. The Labute approximate surface area is 66.3 Å². The first-order chi connectivity index (χ1) is 5.45. The molecule has 0 bridgehead atoms. The van der Waals surface area contributed by atoms with Crippen molar-refractivity contribution in [1.29, 1.82) is 0 Å². The lowest BCUT2D eigenvalue weighted by Crippen LogP contribution is -1.74. The summed E-state index contributed by atoms with van der Waals surface area (Å²) in [6, 6.07) is 10.3. The van der Waals surface area contributed by atoms with Crippen LogP contribution in [-0.2, 0) is 4.74 Å². The summed E-state index contributed by atoms with van der Waals surface area (Å²) in [6.07, 6.45) is 4.57. The fourth-order valence-electron chi connectivity index (χ4n) is 0.949. The molecular weight excluding hydrogens is 136 g/mol. The minimum Gasteiger partial charge on any atom is -0.369 e. The van der Waals surface area contributed by atoms with Crippen LogP contribution in [0.25, 0.3) is 6.08 Å². The standard InChI is InChI=1S/C10H10O/c1-2-4-9(5-3-1)6-7-10-8-11-10/h1-7,10H,8H2/b7-6+/t10-/m0/s1. The highest BCUT2D eigenvalue weighted by Gasteiger charge is 2.17. The van der Waals surface area contributed by atoms with Crippen LogP contribution < -0.4 is 0 Å². The van der Waals surface area contributed by atoms with E-state index in [0.29, 0.717) is 6.10 Å². The van der Waals surface area contributed by atoms with Crippen molar-refractivity contribution < 1.29 is 4.74 Å². The van der Waals surface area contributed by atoms with Crippen molar-refractivity contribution in [3.63, 3.8) is 0 Å². The summed E-state index contributed by atoms with van der Waals surface area (Å²) in [4.78, 5) is 0. The third kappa shape index (κ3) is 1.92. The lowest BCUT2D eigenvalue weighted by Gasteiger charge is -1.88. The Bertz CT molecular complexity index is 247. The average Bonchev–Trinajstić information content (AvgIpc) is 2.86. The molecule has 1 aliphatic rings. The molecule has 1 aromatic carbocycles. The smallest absolute Gasteiger partial charge is 0.0994 e. The molecule has 1 heterocycles. The van der Waals surface area contributed by atoms with Crippen molar-refractivity contribution in [2.75, 3.05) is 6.61 Å². The molecule has 0 spiro atoms. The van der Waals surface area contributed by atoms with Crippen molar-refractivity contribution in [3.8, 4) is 0 Å². The van der Waals surface area contributed by atoms with Gasteiger partial charge in [0.05, 0.1) is 12.7 Å². The molecule has 0 unspecified atom stereocenters. The molecule has 2 rings (SSSR count). The van der Waals surface area contributed by atoms with E-state index in [9.17, 15) is 0 Å². The predicted molar refractivity (Wildman–Crippen MR) is 45.2 cm³/mol. The van der Waals surface area contributed by atoms with Crippen molar-refractivity contribution in [2.45, 2.75) is 6.10 Å². The zero-order chi connectivity index (χ0) is 7.52. The Morgan fingerprint density at radius 2 is 2.00 bits per heavy atom. The largest absolute Gasteiger partial charge is 0.369 e. The van der Waals surface area contributed by atoms with E-state index in [1.54, 1.807) is 0 Å². The molecule has 0 aliphatic carbocycles. The van der Waals surface area contributed by atoms with Crippen LogP contribution in [-0.4, -0.2) is 12.7 Å². The zero-order valence-electron chi connectivity index (χ0n) is 6.23. The Kier molecular flexibility index (Phi) is 1.74. The molecule has 1 heteroatoms. The fraction of sp³-hybridized carbons (Fsp3) is 0.200. The van der Waals surface area contributed by atoms with E-state index in [4.69, 9.17) is 4.74 Å². The normalized spacial score (nSPS) is 22.4. The first-order valence-corrected chi connectivity index (χ1v) is 3.80. The Morgan fingerprint density at radius 1 is 1.27 bits per heavy atom. The average molecular weight is 146 g/mol. The van der Waals surface area contributed by atoms with Gasteiger partial charge < -0.3 is 4.74 Å². The van der Waals surface area contributed by atoms with Crippen LogP contribution in [0.3, 0.4) is 0 Å². The van der Waals surface area contributed by atoms with Gasteiger partial charge in [-0.2, -0.15) is 0 Å². The van der Waals surface area contributed by atoms with Crippen LogP contribution in [0.1, 0.15) is 5.56 Å². The van der Waals surface area contributed by atoms with Crippen LogP contribution in [0.15, 0.2) is 36.4 Å². The minimum absolute atomic E-state index is 0.384. The van der Waals surface area contributed by atoms with E-state index in [-0.39, 0.29) is 0 Å². The third-order valence-electron chi connectivity index (χ3n) is 1.66. The molecule has 1 nitrogen and oxygen atoms in total. The van der Waals surface area contributed by atoms with E-state index in [1.807, 2.05) is 18.2 Å². The molecule has 0 radical (unpaired) electrons. The molecule has 11 heavy (non-hydrogen) atoms. The first-order valence-electron chi connectivity index (χ1n) is 3.80. The molecule has 1 aliphatic heterocycles. The van der Waals surface area contributed by atoms with Crippen molar-refractivity contribution in [1.82, 2.24) is 0 Å². The van der Waals surface area contributed by atoms with Gasteiger partial charge in [-0.25, -0.2) is 0 Å². The van der Waals surface area contributed by atoms with Gasteiger partial charge in [-0.05, 0) is 5.56 Å². The van der Waals surface area contributed by atoms with E-state index >= 15 is 0 Å². The van der Waals surface area contributed by atoms with Crippen molar-refractivity contribution in [2.24, 2.45) is 0 Å². The summed E-state index contributed by atoms with van der Waals surface area (Å²) in [5, 5.41) is 0. The number of hydrogen-bond acceptors (Lipinski definition) is 1. The second-order valence-corrected chi connectivity index (χ2v) is 2.64. The lowest BCUT2D eigenvalue weighted by molar-refractivity contribution is 0.440. The fourth-order valence-corrected chi connectivity index (χ4v) is 0.949. The van der Waals surface area contributed by atoms with Crippen molar-refractivity contribution >= 4 is 6.08 Å². The number of ether oxygens (including phenoxy) is 1. The molecule has 1 aromatic rings. The van der Waals surface area contributed by atoms with Crippen LogP contribution in [0.5, 0.6) is 0 Å². The van der Waals surface area contributed by atoms with Gasteiger partial charge in [0, 0.05) is 0 Å². The molecule has 0 amide bonds. The number of benzene rings is 1. The van der Waals surface area contributed by atoms with Gasteiger partial charge in [0.1, 0.15) is 0 Å². The second-order valence-electron chi connectivity index (χ2n) is 2.64. The van der Waals surface area contributed by atoms with Crippen LogP contribution in [0, 0.1) is 0 Å². The quantitative estimate of drug-likeness (QED) is 0.582. The van der Waals surface area contributed by atoms with Crippen LogP contribution >= 0.6 is 0 Å². The zero-order valence-corrected chi connectivity index (χ0v) is 6.23. The molecular formula is C10H10O. The van der Waals surface area contributed by atoms with Gasteiger partial charge in [0.2, 0.25) is 0 Å². The second kappa shape index (κ2) is 2.89. The summed E-state index contributed by atoms with van der Waals surface area (Å²) in [5.74, 6) is 0. The molecule has 1 saturated heterocycles. The maximum atomic E-state index is 5.04. The molecule has 1 atom stereocenters. The summed E-state index contributed by atoms with van der Waals surface area (Å²) < 4.78 is 5.04. The topological polar surface area (TPSA) is 12.5 Å². The molecule has 0 N–H and O–H groups in total. The highest BCUT2D eigenvalue weighted by molar-refractivity contribution is 5.49. The Balaban J connectivity index is 2.05.